The summed E-state index contributed by atoms with van der Waals surface area (Å²) >= 11 is 12.0. The Hall–Kier alpha value is -2.17. The smallest absolute Gasteiger partial charge is 0.272 e. The van der Waals surface area contributed by atoms with Gasteiger partial charge in [0.05, 0.1) is 17.8 Å². The first-order valence-corrected chi connectivity index (χ1v) is 7.68. The molecule has 0 atom stereocenters. The molecule has 0 saturated carbocycles. The van der Waals surface area contributed by atoms with Gasteiger partial charge in [0.2, 0.25) is 0 Å². The van der Waals surface area contributed by atoms with E-state index >= 15 is 0 Å². The summed E-state index contributed by atoms with van der Waals surface area (Å²) in [4.78, 5) is 15.7. The summed E-state index contributed by atoms with van der Waals surface area (Å²) in [5.74, 6) is 0.481. The van der Waals surface area contributed by atoms with Gasteiger partial charge < -0.3 is 15.0 Å². The van der Waals surface area contributed by atoms with Gasteiger partial charge in [-0.05, 0) is 48.9 Å². The van der Waals surface area contributed by atoms with Crippen molar-refractivity contribution in [3.8, 4) is 5.75 Å². The molecule has 0 aliphatic carbocycles. The topological polar surface area (TPSA) is 54.1 Å². The number of fused-ring (bicyclic) bond motifs is 1. The van der Waals surface area contributed by atoms with Crippen molar-refractivity contribution >= 4 is 45.7 Å². The van der Waals surface area contributed by atoms with Gasteiger partial charge in [0.15, 0.2) is 0 Å². The monoisotopic (exact) mass is 348 g/mol. The van der Waals surface area contributed by atoms with E-state index in [9.17, 15) is 4.79 Å². The first kappa shape index (κ1) is 15.7. The molecule has 2 N–H and O–H groups in total. The molecule has 1 aromatic heterocycles. The van der Waals surface area contributed by atoms with Crippen molar-refractivity contribution in [1.29, 1.82) is 0 Å². The van der Waals surface area contributed by atoms with E-state index in [-0.39, 0.29) is 5.91 Å². The lowest BCUT2D eigenvalue weighted by Gasteiger charge is -2.07. The lowest BCUT2D eigenvalue weighted by molar-refractivity contribution is 0.102. The lowest BCUT2D eigenvalue weighted by atomic mass is 10.1. The number of halogens is 2. The van der Waals surface area contributed by atoms with Gasteiger partial charge in [0.1, 0.15) is 11.4 Å². The zero-order valence-electron chi connectivity index (χ0n) is 12.5. The highest BCUT2D eigenvalue weighted by Crippen LogP contribution is 2.28. The molecule has 0 radical (unpaired) electrons. The predicted molar refractivity (Wildman–Crippen MR) is 94.0 cm³/mol. The number of rotatable bonds is 3. The molecule has 0 aliphatic heterocycles. The Morgan fingerprint density at radius 2 is 1.96 bits per heavy atom. The van der Waals surface area contributed by atoms with E-state index in [1.807, 2.05) is 25.1 Å². The van der Waals surface area contributed by atoms with Crippen LogP contribution in [0.1, 0.15) is 16.1 Å². The number of hydrogen-bond acceptors (Lipinski definition) is 2. The molecular weight excluding hydrogens is 335 g/mol. The number of methoxy groups -OCH3 is 1. The molecule has 1 heterocycles. The van der Waals surface area contributed by atoms with Gasteiger partial charge in [0, 0.05) is 15.9 Å². The number of ether oxygens (including phenoxy) is 1. The number of carbonyl (C=O) groups is 1. The van der Waals surface area contributed by atoms with Gasteiger partial charge in [0.25, 0.3) is 5.91 Å². The molecule has 2 aromatic carbocycles. The number of H-pyrrole nitrogens is 1. The number of nitrogens with one attached hydrogen (secondary N) is 2. The van der Waals surface area contributed by atoms with Crippen molar-refractivity contribution in [2.24, 2.45) is 0 Å². The number of anilines is 1. The first-order valence-electron chi connectivity index (χ1n) is 6.92. The molecule has 4 nitrogen and oxygen atoms in total. The zero-order valence-corrected chi connectivity index (χ0v) is 14.0. The molecule has 23 heavy (non-hydrogen) atoms. The highest BCUT2D eigenvalue weighted by molar-refractivity contribution is 6.36. The van der Waals surface area contributed by atoms with Gasteiger partial charge >= 0.3 is 0 Å². The molecule has 0 bridgehead atoms. The second-order valence-electron chi connectivity index (χ2n) is 5.11. The number of benzene rings is 2. The maximum atomic E-state index is 12.5. The van der Waals surface area contributed by atoms with Crippen LogP contribution in [0.15, 0.2) is 36.4 Å². The molecule has 3 aromatic rings. The Morgan fingerprint density at radius 3 is 2.65 bits per heavy atom. The first-order chi connectivity index (χ1) is 11.0. The van der Waals surface area contributed by atoms with Crippen molar-refractivity contribution in [1.82, 2.24) is 4.98 Å². The van der Waals surface area contributed by atoms with Gasteiger partial charge in [-0.2, -0.15) is 0 Å². The molecule has 0 spiro atoms. The molecule has 0 fully saturated rings. The molecule has 3 rings (SSSR count). The highest BCUT2D eigenvalue weighted by atomic mass is 35.5. The highest BCUT2D eigenvalue weighted by Gasteiger charge is 2.16. The summed E-state index contributed by atoms with van der Waals surface area (Å²) < 4.78 is 5.23. The van der Waals surface area contributed by atoms with Crippen molar-refractivity contribution in [2.75, 3.05) is 12.4 Å². The van der Waals surface area contributed by atoms with Gasteiger partial charge in [-0.15, -0.1) is 0 Å². The lowest BCUT2D eigenvalue weighted by Crippen LogP contribution is -2.13. The molecule has 118 valence electrons. The van der Waals surface area contributed by atoms with E-state index in [1.54, 1.807) is 25.3 Å². The van der Waals surface area contributed by atoms with Crippen LogP contribution in [0.3, 0.4) is 0 Å². The van der Waals surface area contributed by atoms with Crippen LogP contribution in [0, 0.1) is 6.92 Å². The number of hydrogen-bond donors (Lipinski definition) is 2. The molecule has 1 amide bonds. The van der Waals surface area contributed by atoms with Gasteiger partial charge in [-0.25, -0.2) is 0 Å². The summed E-state index contributed by atoms with van der Waals surface area (Å²) in [6.07, 6.45) is 0. The standard InChI is InChI=1S/C17H14Cl2N2O2/c1-9-12-8-11(23-2)4-6-14(12)20-16(9)17(22)21-15-5-3-10(18)7-13(15)19/h3-8,20H,1-2H3,(H,21,22). The van der Waals surface area contributed by atoms with Gasteiger partial charge in [-0.1, -0.05) is 23.2 Å². The number of aryl methyl sites for hydroxylation is 1. The van der Waals surface area contributed by atoms with Crippen LogP contribution in [0.2, 0.25) is 10.0 Å². The van der Waals surface area contributed by atoms with Crippen molar-refractivity contribution < 1.29 is 9.53 Å². The summed E-state index contributed by atoms with van der Waals surface area (Å²) in [5, 5.41) is 4.64. The molecular formula is C17H14Cl2N2O2. The number of carbonyl (C=O) groups excluding carboxylic acids is 1. The fourth-order valence-electron chi connectivity index (χ4n) is 2.44. The summed E-state index contributed by atoms with van der Waals surface area (Å²) in [6.45, 7) is 1.89. The van der Waals surface area contributed by atoms with Crippen LogP contribution in [0.4, 0.5) is 5.69 Å². The summed E-state index contributed by atoms with van der Waals surface area (Å²) in [6, 6.07) is 10.5. The summed E-state index contributed by atoms with van der Waals surface area (Å²) in [7, 11) is 1.61. The molecule has 6 heteroatoms. The maximum Gasteiger partial charge on any atom is 0.272 e. The van der Waals surface area contributed by atoms with Gasteiger partial charge in [-0.3, -0.25) is 4.79 Å². The fraction of sp³-hybridized carbons (Fsp3) is 0.118. The minimum Gasteiger partial charge on any atom is -0.497 e. The van der Waals surface area contributed by atoms with E-state index < -0.39 is 0 Å². The molecule has 0 saturated heterocycles. The minimum atomic E-state index is -0.262. The third kappa shape index (κ3) is 3.00. The SMILES string of the molecule is COc1ccc2[nH]c(C(=O)Nc3ccc(Cl)cc3Cl)c(C)c2c1. The van der Waals surface area contributed by atoms with Crippen molar-refractivity contribution in [3.63, 3.8) is 0 Å². The average molecular weight is 349 g/mol. The van der Waals surface area contributed by atoms with Crippen LogP contribution in [-0.2, 0) is 0 Å². The van der Waals surface area contributed by atoms with Crippen LogP contribution in [-0.4, -0.2) is 18.0 Å². The zero-order chi connectivity index (χ0) is 16.6. The largest absolute Gasteiger partial charge is 0.497 e. The Labute approximate surface area is 143 Å². The minimum absolute atomic E-state index is 0.262. The Kier molecular flexibility index (Phi) is 4.20. The van der Waals surface area contributed by atoms with E-state index in [1.165, 1.54) is 0 Å². The van der Waals surface area contributed by atoms with Crippen molar-refractivity contribution in [2.45, 2.75) is 6.92 Å². The third-order valence-corrected chi connectivity index (χ3v) is 4.22. The van der Waals surface area contributed by atoms with E-state index in [4.69, 9.17) is 27.9 Å². The van der Waals surface area contributed by atoms with Crippen molar-refractivity contribution in [3.05, 3.63) is 57.7 Å². The van der Waals surface area contributed by atoms with Crippen LogP contribution in [0.5, 0.6) is 5.75 Å². The van der Waals surface area contributed by atoms with E-state index in [0.29, 0.717) is 21.4 Å². The Balaban J connectivity index is 1.96. The quantitative estimate of drug-likeness (QED) is 0.696. The second kappa shape index (κ2) is 6.14. The van der Waals surface area contributed by atoms with E-state index in [2.05, 4.69) is 10.3 Å². The average Bonchev–Trinajstić information content (AvgIpc) is 2.86. The maximum absolute atomic E-state index is 12.5. The Morgan fingerprint density at radius 1 is 1.17 bits per heavy atom. The number of amides is 1. The van der Waals surface area contributed by atoms with Crippen LogP contribution >= 0.6 is 23.2 Å². The summed E-state index contributed by atoms with van der Waals surface area (Å²) in [5.41, 5.74) is 2.72. The van der Waals surface area contributed by atoms with Crippen LogP contribution in [0.25, 0.3) is 10.9 Å². The Bertz CT molecular complexity index is 903. The molecule has 0 unspecified atom stereocenters. The third-order valence-electron chi connectivity index (χ3n) is 3.67. The molecule has 0 aliphatic rings. The number of aromatic nitrogens is 1. The second-order valence-corrected chi connectivity index (χ2v) is 5.96. The fourth-order valence-corrected chi connectivity index (χ4v) is 2.89. The van der Waals surface area contributed by atoms with Crippen LogP contribution < -0.4 is 10.1 Å². The normalized spacial score (nSPS) is 10.8. The number of aromatic amines is 1. The van der Waals surface area contributed by atoms with E-state index in [0.717, 1.165) is 22.2 Å². The predicted octanol–water partition coefficient (Wildman–Crippen LogP) is 5.04.